The highest BCUT2D eigenvalue weighted by atomic mass is 16.2. The molecule has 0 heterocycles. The number of hydrogen-bond donors (Lipinski definition) is 3. The van der Waals surface area contributed by atoms with Crippen molar-refractivity contribution in [2.75, 3.05) is 6.54 Å². The largest absolute Gasteiger partial charge is 0.345 e. The summed E-state index contributed by atoms with van der Waals surface area (Å²) in [6.45, 7) is 4.62. The van der Waals surface area contributed by atoms with Gasteiger partial charge in [-0.05, 0) is 31.7 Å². The Labute approximate surface area is 103 Å². The van der Waals surface area contributed by atoms with E-state index in [1.807, 2.05) is 13.8 Å². The number of carbonyl (C=O) groups is 2. The molecule has 0 aromatic carbocycles. The predicted octanol–water partition coefficient (Wildman–Crippen LogP) is 0.173. The van der Waals surface area contributed by atoms with Gasteiger partial charge in [-0.2, -0.15) is 0 Å². The lowest BCUT2D eigenvalue weighted by molar-refractivity contribution is -0.125. The molecule has 0 aliphatic rings. The Hall–Kier alpha value is -0.940. The number of unbranched alkanes of at least 4 members (excludes halogenated alkanes) is 1. The predicted molar refractivity (Wildman–Crippen MR) is 68.3 cm³/mol. The van der Waals surface area contributed by atoms with Crippen molar-refractivity contribution >= 4 is 12.2 Å². The average Bonchev–Trinajstić information content (AvgIpc) is 2.27. The number of nitrogens with two attached hydrogens (primary N) is 2. The van der Waals surface area contributed by atoms with Crippen LogP contribution in [0.15, 0.2) is 0 Å². The first-order chi connectivity index (χ1) is 8.01. The van der Waals surface area contributed by atoms with E-state index in [0.717, 1.165) is 19.1 Å². The molecule has 0 aliphatic carbocycles. The summed E-state index contributed by atoms with van der Waals surface area (Å²) in [6.07, 6.45) is 3.72. The van der Waals surface area contributed by atoms with Crippen LogP contribution in [-0.2, 0) is 9.59 Å². The Morgan fingerprint density at radius 3 is 2.47 bits per heavy atom. The number of hydrogen-bond acceptors (Lipinski definition) is 4. The Balaban J connectivity index is 3.99. The maximum absolute atomic E-state index is 11.7. The number of rotatable bonds is 9. The van der Waals surface area contributed by atoms with Crippen LogP contribution in [0.1, 0.15) is 39.5 Å². The second-order valence-corrected chi connectivity index (χ2v) is 4.77. The van der Waals surface area contributed by atoms with E-state index in [1.165, 1.54) is 0 Å². The molecule has 0 aliphatic heterocycles. The molecule has 0 aromatic heterocycles. The molecule has 5 nitrogen and oxygen atoms in total. The SMILES string of the molecule is CC(C)C[C@@H](C=O)NC(=O)[C@@H](N)CCCCN. The number of aldehydes is 1. The van der Waals surface area contributed by atoms with Gasteiger partial charge in [-0.3, -0.25) is 4.79 Å². The van der Waals surface area contributed by atoms with Gasteiger partial charge >= 0.3 is 0 Å². The lowest BCUT2D eigenvalue weighted by Gasteiger charge is -2.18. The van der Waals surface area contributed by atoms with E-state index < -0.39 is 12.1 Å². The summed E-state index contributed by atoms with van der Waals surface area (Å²) in [5.41, 5.74) is 11.1. The summed E-state index contributed by atoms with van der Waals surface area (Å²) < 4.78 is 0. The van der Waals surface area contributed by atoms with Crippen LogP contribution in [0.25, 0.3) is 0 Å². The Morgan fingerprint density at radius 1 is 1.35 bits per heavy atom. The standard InChI is InChI=1S/C12H25N3O2/c1-9(2)7-10(8-16)15-12(17)11(14)5-3-4-6-13/h8-11H,3-7,13-14H2,1-2H3,(H,15,17)/t10-,11-/m0/s1. The zero-order valence-corrected chi connectivity index (χ0v) is 10.8. The molecule has 0 fully saturated rings. The minimum absolute atomic E-state index is 0.250. The number of amides is 1. The highest BCUT2D eigenvalue weighted by molar-refractivity contribution is 5.84. The fourth-order valence-corrected chi connectivity index (χ4v) is 1.59. The lowest BCUT2D eigenvalue weighted by atomic mass is 10.0. The van der Waals surface area contributed by atoms with Crippen molar-refractivity contribution < 1.29 is 9.59 Å². The van der Waals surface area contributed by atoms with Gasteiger partial charge in [-0.25, -0.2) is 0 Å². The normalized spacial score (nSPS) is 14.4. The first-order valence-electron chi connectivity index (χ1n) is 6.22. The summed E-state index contributed by atoms with van der Waals surface area (Å²) in [6, 6.07) is -0.973. The summed E-state index contributed by atoms with van der Waals surface area (Å²) >= 11 is 0. The summed E-state index contributed by atoms with van der Waals surface area (Å²) in [7, 11) is 0. The molecular formula is C12H25N3O2. The van der Waals surface area contributed by atoms with Crippen LogP contribution in [0, 0.1) is 5.92 Å². The smallest absolute Gasteiger partial charge is 0.237 e. The monoisotopic (exact) mass is 243 g/mol. The fraction of sp³-hybridized carbons (Fsp3) is 0.833. The van der Waals surface area contributed by atoms with Crippen LogP contribution in [0.4, 0.5) is 0 Å². The van der Waals surface area contributed by atoms with Gasteiger partial charge in [0, 0.05) is 0 Å². The first kappa shape index (κ1) is 16.1. The van der Waals surface area contributed by atoms with Crippen LogP contribution in [-0.4, -0.2) is 30.8 Å². The number of carbonyl (C=O) groups excluding carboxylic acids is 2. The van der Waals surface area contributed by atoms with Gasteiger partial charge in [0.25, 0.3) is 0 Å². The van der Waals surface area contributed by atoms with Crippen LogP contribution < -0.4 is 16.8 Å². The molecule has 5 N–H and O–H groups in total. The van der Waals surface area contributed by atoms with Crippen molar-refractivity contribution in [2.45, 2.75) is 51.6 Å². The second kappa shape index (κ2) is 9.13. The van der Waals surface area contributed by atoms with Crippen molar-refractivity contribution in [3.63, 3.8) is 0 Å². The van der Waals surface area contributed by atoms with E-state index >= 15 is 0 Å². The van der Waals surface area contributed by atoms with Gasteiger partial charge in [-0.1, -0.05) is 20.3 Å². The summed E-state index contributed by atoms with van der Waals surface area (Å²) in [4.78, 5) is 22.4. The fourth-order valence-electron chi connectivity index (χ4n) is 1.59. The van der Waals surface area contributed by atoms with Crippen LogP contribution in [0.3, 0.4) is 0 Å². The van der Waals surface area contributed by atoms with E-state index in [-0.39, 0.29) is 5.91 Å². The van der Waals surface area contributed by atoms with Gasteiger partial charge in [0.1, 0.15) is 6.29 Å². The highest BCUT2D eigenvalue weighted by Crippen LogP contribution is 2.04. The molecule has 0 aromatic rings. The zero-order valence-electron chi connectivity index (χ0n) is 10.8. The molecule has 0 unspecified atom stereocenters. The van der Waals surface area contributed by atoms with Crippen molar-refractivity contribution in [1.29, 1.82) is 0 Å². The topological polar surface area (TPSA) is 98.2 Å². The van der Waals surface area contributed by atoms with Gasteiger partial charge < -0.3 is 21.6 Å². The molecule has 5 heteroatoms. The average molecular weight is 243 g/mol. The maximum atomic E-state index is 11.7. The minimum Gasteiger partial charge on any atom is -0.345 e. The van der Waals surface area contributed by atoms with Crippen molar-refractivity contribution in [2.24, 2.45) is 17.4 Å². The Bertz CT molecular complexity index is 232. The molecule has 0 spiro atoms. The molecule has 1 amide bonds. The third-order valence-corrected chi connectivity index (χ3v) is 2.52. The van der Waals surface area contributed by atoms with Crippen molar-refractivity contribution in [1.82, 2.24) is 5.32 Å². The molecule has 0 saturated heterocycles. The third kappa shape index (κ3) is 7.88. The molecule has 0 bridgehead atoms. The molecule has 0 saturated carbocycles. The number of nitrogens with one attached hydrogen (secondary N) is 1. The molecule has 17 heavy (non-hydrogen) atoms. The van der Waals surface area contributed by atoms with Crippen molar-refractivity contribution in [3.05, 3.63) is 0 Å². The van der Waals surface area contributed by atoms with Gasteiger partial charge in [0.15, 0.2) is 0 Å². The van der Waals surface area contributed by atoms with E-state index in [0.29, 0.717) is 25.3 Å². The van der Waals surface area contributed by atoms with E-state index in [4.69, 9.17) is 11.5 Å². The molecule has 0 rings (SSSR count). The van der Waals surface area contributed by atoms with Crippen LogP contribution >= 0.6 is 0 Å². The maximum Gasteiger partial charge on any atom is 0.237 e. The van der Waals surface area contributed by atoms with Crippen LogP contribution in [0.5, 0.6) is 0 Å². The minimum atomic E-state index is -0.545. The molecule has 2 atom stereocenters. The van der Waals surface area contributed by atoms with E-state index in [9.17, 15) is 9.59 Å². The molecule has 0 radical (unpaired) electrons. The van der Waals surface area contributed by atoms with Gasteiger partial charge in [0.05, 0.1) is 12.1 Å². The van der Waals surface area contributed by atoms with E-state index in [2.05, 4.69) is 5.32 Å². The van der Waals surface area contributed by atoms with Gasteiger partial charge in [-0.15, -0.1) is 0 Å². The lowest BCUT2D eigenvalue weighted by Crippen LogP contribution is -2.46. The first-order valence-corrected chi connectivity index (χ1v) is 6.22. The highest BCUT2D eigenvalue weighted by Gasteiger charge is 2.17. The summed E-state index contributed by atoms with van der Waals surface area (Å²) in [5.74, 6) is 0.110. The molecular weight excluding hydrogens is 218 g/mol. The van der Waals surface area contributed by atoms with Gasteiger partial charge in [0.2, 0.25) is 5.91 Å². The van der Waals surface area contributed by atoms with Crippen LogP contribution in [0.2, 0.25) is 0 Å². The van der Waals surface area contributed by atoms with E-state index in [1.54, 1.807) is 0 Å². The van der Waals surface area contributed by atoms with Crippen molar-refractivity contribution in [3.8, 4) is 0 Å². The quantitative estimate of drug-likeness (QED) is 0.397. The third-order valence-electron chi connectivity index (χ3n) is 2.52. The zero-order chi connectivity index (χ0) is 13.3. The summed E-state index contributed by atoms with van der Waals surface area (Å²) in [5, 5.41) is 2.66. The Kier molecular flexibility index (Phi) is 8.62. The second-order valence-electron chi connectivity index (χ2n) is 4.77. The Morgan fingerprint density at radius 2 is 2.00 bits per heavy atom. The molecule has 100 valence electrons.